The van der Waals surface area contributed by atoms with E-state index >= 15 is 0 Å². The molecule has 0 bridgehead atoms. The summed E-state index contributed by atoms with van der Waals surface area (Å²) in [5.41, 5.74) is 0.614. The first-order valence-electron chi connectivity index (χ1n) is 9.45. The molecule has 2 aromatic rings. The lowest BCUT2D eigenvalue weighted by molar-refractivity contribution is -0.124. The summed E-state index contributed by atoms with van der Waals surface area (Å²) in [6.07, 6.45) is 4.18. The molecule has 29 heavy (non-hydrogen) atoms. The lowest BCUT2D eigenvalue weighted by atomic mass is 10.1. The standard InChI is InChI=1S/C19H24ClN7O2/c1-12(28)25(11-15(29)23-19(2,3)4)18-13(9-21)10-22-27(18)17-16(20)14-7-5-6-8-26(14)24-17/h10H,5-8,11H2,1-4H3,(H,23,29). The minimum absolute atomic E-state index is 0.158. The van der Waals surface area contributed by atoms with Crippen LogP contribution in [0.5, 0.6) is 0 Å². The van der Waals surface area contributed by atoms with Crippen LogP contribution in [-0.4, -0.2) is 43.5 Å². The molecule has 0 saturated carbocycles. The fourth-order valence-electron chi connectivity index (χ4n) is 3.35. The van der Waals surface area contributed by atoms with E-state index in [1.807, 2.05) is 31.5 Å². The third kappa shape index (κ3) is 4.27. The molecule has 154 valence electrons. The van der Waals surface area contributed by atoms with Gasteiger partial charge in [0.15, 0.2) is 11.6 Å². The predicted octanol–water partition coefficient (Wildman–Crippen LogP) is 2.20. The number of fused-ring (bicyclic) bond motifs is 1. The van der Waals surface area contributed by atoms with Gasteiger partial charge in [-0.3, -0.25) is 19.2 Å². The van der Waals surface area contributed by atoms with Crippen molar-refractivity contribution in [1.82, 2.24) is 24.9 Å². The van der Waals surface area contributed by atoms with Crippen molar-refractivity contribution in [2.24, 2.45) is 0 Å². The SMILES string of the molecule is CC(=O)N(CC(=O)NC(C)(C)C)c1c(C#N)cnn1-c1nn2c(c1Cl)CCCC2. The predicted molar refractivity (Wildman–Crippen MR) is 108 cm³/mol. The molecule has 10 heteroatoms. The van der Waals surface area contributed by atoms with E-state index in [1.165, 1.54) is 22.7 Å². The van der Waals surface area contributed by atoms with Crippen LogP contribution in [0.1, 0.15) is 51.8 Å². The summed E-state index contributed by atoms with van der Waals surface area (Å²) in [6.45, 7) is 7.39. The van der Waals surface area contributed by atoms with Crippen LogP contribution in [-0.2, 0) is 22.6 Å². The number of anilines is 1. The van der Waals surface area contributed by atoms with E-state index in [2.05, 4.69) is 15.5 Å². The molecule has 2 aromatic heterocycles. The Hall–Kier alpha value is -2.86. The first-order chi connectivity index (χ1) is 13.6. The summed E-state index contributed by atoms with van der Waals surface area (Å²) in [7, 11) is 0. The van der Waals surface area contributed by atoms with Crippen LogP contribution in [0.3, 0.4) is 0 Å². The zero-order valence-electron chi connectivity index (χ0n) is 17.0. The highest BCUT2D eigenvalue weighted by atomic mass is 35.5. The quantitative estimate of drug-likeness (QED) is 0.820. The maximum atomic E-state index is 12.5. The zero-order chi connectivity index (χ0) is 21.3. The third-order valence-corrected chi connectivity index (χ3v) is 4.91. The van der Waals surface area contributed by atoms with Gasteiger partial charge < -0.3 is 5.32 Å². The van der Waals surface area contributed by atoms with Gasteiger partial charge in [-0.05, 0) is 40.0 Å². The van der Waals surface area contributed by atoms with Gasteiger partial charge in [0.05, 0.1) is 11.9 Å². The molecule has 9 nitrogen and oxygen atoms in total. The van der Waals surface area contributed by atoms with Crippen LogP contribution in [0, 0.1) is 11.3 Å². The van der Waals surface area contributed by atoms with Gasteiger partial charge in [0, 0.05) is 19.0 Å². The number of hydrogen-bond donors (Lipinski definition) is 1. The monoisotopic (exact) mass is 417 g/mol. The smallest absolute Gasteiger partial charge is 0.240 e. The molecule has 3 heterocycles. The topological polar surface area (TPSA) is 109 Å². The maximum Gasteiger partial charge on any atom is 0.240 e. The van der Waals surface area contributed by atoms with Gasteiger partial charge >= 0.3 is 0 Å². The van der Waals surface area contributed by atoms with Gasteiger partial charge in [-0.1, -0.05) is 11.6 Å². The van der Waals surface area contributed by atoms with E-state index in [0.717, 1.165) is 31.5 Å². The largest absolute Gasteiger partial charge is 0.350 e. The summed E-state index contributed by atoms with van der Waals surface area (Å²) < 4.78 is 3.21. The molecule has 0 atom stereocenters. The van der Waals surface area contributed by atoms with Gasteiger partial charge in [-0.2, -0.15) is 20.1 Å². The average Bonchev–Trinajstić information content (AvgIpc) is 3.19. The highest BCUT2D eigenvalue weighted by Crippen LogP contribution is 2.32. The van der Waals surface area contributed by atoms with E-state index in [1.54, 1.807) is 0 Å². The summed E-state index contributed by atoms with van der Waals surface area (Å²) in [5.74, 6) is -0.212. The Labute approximate surface area is 174 Å². The van der Waals surface area contributed by atoms with Crippen molar-refractivity contribution in [2.75, 3.05) is 11.4 Å². The first-order valence-corrected chi connectivity index (χ1v) is 9.83. The van der Waals surface area contributed by atoms with E-state index in [-0.39, 0.29) is 23.8 Å². The fraction of sp³-hybridized carbons (Fsp3) is 0.526. The van der Waals surface area contributed by atoms with Gasteiger partial charge in [0.25, 0.3) is 0 Å². The Morgan fingerprint density at radius 1 is 1.38 bits per heavy atom. The first kappa shape index (κ1) is 20.9. The minimum Gasteiger partial charge on any atom is -0.350 e. The van der Waals surface area contributed by atoms with E-state index in [0.29, 0.717) is 10.8 Å². The molecule has 2 amide bonds. The van der Waals surface area contributed by atoms with Gasteiger partial charge in [0.1, 0.15) is 23.2 Å². The molecule has 0 fully saturated rings. The van der Waals surface area contributed by atoms with E-state index in [4.69, 9.17) is 11.6 Å². The normalized spacial score (nSPS) is 13.5. The van der Waals surface area contributed by atoms with Crippen LogP contribution >= 0.6 is 11.6 Å². The highest BCUT2D eigenvalue weighted by molar-refractivity contribution is 6.33. The molecule has 0 aromatic carbocycles. The summed E-state index contributed by atoms with van der Waals surface area (Å²) in [4.78, 5) is 26.1. The van der Waals surface area contributed by atoms with E-state index in [9.17, 15) is 14.9 Å². The Balaban J connectivity index is 2.06. The second kappa shape index (κ2) is 7.87. The van der Waals surface area contributed by atoms with Gasteiger partial charge in [-0.25, -0.2) is 0 Å². The molecule has 1 N–H and O–H groups in total. The van der Waals surface area contributed by atoms with E-state index < -0.39 is 11.4 Å². The molecule has 3 rings (SSSR count). The fourth-order valence-corrected chi connectivity index (χ4v) is 3.66. The van der Waals surface area contributed by atoms with Crippen LogP contribution in [0.2, 0.25) is 5.02 Å². The Morgan fingerprint density at radius 3 is 2.69 bits per heavy atom. The Kier molecular flexibility index (Phi) is 5.66. The second-order valence-electron chi connectivity index (χ2n) is 8.07. The van der Waals surface area contributed by atoms with Crippen LogP contribution < -0.4 is 10.2 Å². The molecule has 0 spiro atoms. The van der Waals surface area contributed by atoms with Crippen molar-refractivity contribution in [3.63, 3.8) is 0 Å². The highest BCUT2D eigenvalue weighted by Gasteiger charge is 2.29. The molecule has 0 radical (unpaired) electrons. The number of nitriles is 1. The number of carbonyl (C=O) groups is 2. The lowest BCUT2D eigenvalue weighted by Gasteiger charge is -2.25. The Bertz CT molecular complexity index is 994. The number of carbonyl (C=O) groups excluding carboxylic acids is 2. The molecule has 0 saturated heterocycles. The molecule has 0 aliphatic carbocycles. The lowest BCUT2D eigenvalue weighted by Crippen LogP contribution is -2.47. The van der Waals surface area contributed by atoms with Crippen molar-refractivity contribution >= 4 is 29.2 Å². The van der Waals surface area contributed by atoms with Crippen molar-refractivity contribution in [3.05, 3.63) is 22.5 Å². The van der Waals surface area contributed by atoms with Crippen LogP contribution in [0.4, 0.5) is 5.82 Å². The Morgan fingerprint density at radius 2 is 2.10 bits per heavy atom. The zero-order valence-corrected chi connectivity index (χ0v) is 17.7. The van der Waals surface area contributed by atoms with Crippen molar-refractivity contribution in [2.45, 2.75) is 59.0 Å². The average molecular weight is 418 g/mol. The minimum atomic E-state index is -0.454. The number of nitrogens with one attached hydrogen (secondary N) is 1. The van der Waals surface area contributed by atoms with Crippen LogP contribution in [0.25, 0.3) is 5.82 Å². The molecular weight excluding hydrogens is 394 g/mol. The summed E-state index contributed by atoms with van der Waals surface area (Å²) >= 11 is 6.57. The summed E-state index contributed by atoms with van der Waals surface area (Å²) in [5, 5.41) is 21.6. The number of aromatic nitrogens is 4. The van der Waals surface area contributed by atoms with Gasteiger partial charge in [-0.15, -0.1) is 0 Å². The number of rotatable bonds is 4. The van der Waals surface area contributed by atoms with Crippen molar-refractivity contribution in [1.29, 1.82) is 5.26 Å². The van der Waals surface area contributed by atoms with Gasteiger partial charge in [0.2, 0.25) is 11.8 Å². The number of halogens is 1. The van der Waals surface area contributed by atoms with Crippen molar-refractivity contribution in [3.8, 4) is 11.9 Å². The molecule has 1 aliphatic rings. The third-order valence-electron chi connectivity index (χ3n) is 4.53. The molecule has 0 unspecified atom stereocenters. The molecular formula is C19H24ClN7O2. The van der Waals surface area contributed by atoms with Crippen molar-refractivity contribution < 1.29 is 9.59 Å². The maximum absolute atomic E-state index is 12.5. The van der Waals surface area contributed by atoms with Crippen LogP contribution in [0.15, 0.2) is 6.20 Å². The number of nitrogens with zero attached hydrogens (tertiary/aromatic N) is 6. The number of hydrogen-bond acceptors (Lipinski definition) is 5. The number of aryl methyl sites for hydroxylation is 1. The summed E-state index contributed by atoms with van der Waals surface area (Å²) in [6, 6.07) is 2.04. The number of amides is 2. The second-order valence-corrected chi connectivity index (χ2v) is 8.45. The molecule has 1 aliphatic heterocycles.